The van der Waals surface area contributed by atoms with Crippen LogP contribution in [0, 0.1) is 11.7 Å². The summed E-state index contributed by atoms with van der Waals surface area (Å²) < 4.78 is 12.8. The van der Waals surface area contributed by atoms with Crippen LogP contribution in [-0.4, -0.2) is 22.8 Å². The molecule has 4 heteroatoms. The number of hydrogen-bond acceptors (Lipinski definition) is 2. The Morgan fingerprint density at radius 2 is 2.20 bits per heavy atom. The van der Waals surface area contributed by atoms with Gasteiger partial charge in [0.05, 0.1) is 5.92 Å². The van der Waals surface area contributed by atoms with Gasteiger partial charge in [-0.3, -0.25) is 4.79 Å². The van der Waals surface area contributed by atoms with Crippen molar-refractivity contribution in [2.45, 2.75) is 12.8 Å². The zero-order valence-electron chi connectivity index (χ0n) is 8.19. The molecular formula is C11H13FO3. The highest BCUT2D eigenvalue weighted by Crippen LogP contribution is 2.13. The first-order chi connectivity index (χ1) is 7.13. The minimum atomic E-state index is -0.965. The van der Waals surface area contributed by atoms with Crippen LogP contribution in [0.4, 0.5) is 4.39 Å². The molecule has 82 valence electrons. The number of hydrogen-bond donors (Lipinski definition) is 2. The Balaban J connectivity index is 2.69. The highest BCUT2D eigenvalue weighted by atomic mass is 19.1. The van der Waals surface area contributed by atoms with Crippen LogP contribution >= 0.6 is 0 Å². The molecule has 1 aromatic rings. The molecule has 0 heterocycles. The fraction of sp³-hybridized carbons (Fsp3) is 0.364. The summed E-state index contributed by atoms with van der Waals surface area (Å²) in [6.45, 7) is -0.174. The zero-order chi connectivity index (χ0) is 11.3. The molecule has 0 spiro atoms. The van der Waals surface area contributed by atoms with E-state index in [4.69, 9.17) is 10.2 Å². The van der Waals surface area contributed by atoms with Gasteiger partial charge >= 0.3 is 5.97 Å². The van der Waals surface area contributed by atoms with Crippen molar-refractivity contribution in [1.29, 1.82) is 0 Å². The zero-order valence-corrected chi connectivity index (χ0v) is 8.19. The van der Waals surface area contributed by atoms with Gasteiger partial charge in [0.15, 0.2) is 0 Å². The monoisotopic (exact) mass is 212 g/mol. The van der Waals surface area contributed by atoms with E-state index in [0.717, 1.165) is 0 Å². The molecule has 0 fully saturated rings. The minimum absolute atomic E-state index is 0.174. The van der Waals surface area contributed by atoms with E-state index in [2.05, 4.69) is 0 Å². The van der Waals surface area contributed by atoms with Crippen LogP contribution in [0.2, 0.25) is 0 Å². The number of rotatable bonds is 5. The highest BCUT2D eigenvalue weighted by molar-refractivity contribution is 5.70. The maximum Gasteiger partial charge on any atom is 0.306 e. The van der Waals surface area contributed by atoms with Gasteiger partial charge in [0, 0.05) is 6.61 Å². The van der Waals surface area contributed by atoms with Crippen molar-refractivity contribution in [1.82, 2.24) is 0 Å². The third-order valence-electron chi connectivity index (χ3n) is 2.20. The number of carboxylic acids is 1. The summed E-state index contributed by atoms with van der Waals surface area (Å²) in [7, 11) is 0. The molecule has 0 bridgehead atoms. The van der Waals surface area contributed by atoms with E-state index in [1.54, 1.807) is 12.1 Å². The standard InChI is InChI=1S/C11H13FO3/c12-10-3-1-2-8(7-10)6-9(4-5-13)11(14)15/h1-3,7,9,13H,4-6H2,(H,14,15). The second kappa shape index (κ2) is 5.46. The van der Waals surface area contributed by atoms with Crippen molar-refractivity contribution in [3.63, 3.8) is 0 Å². The third-order valence-corrected chi connectivity index (χ3v) is 2.20. The fourth-order valence-electron chi connectivity index (χ4n) is 1.42. The summed E-state index contributed by atoms with van der Waals surface area (Å²) in [5, 5.41) is 17.5. The number of carboxylic acid groups (broad SMARTS) is 1. The number of carbonyl (C=O) groups is 1. The first-order valence-corrected chi connectivity index (χ1v) is 4.71. The Labute approximate surface area is 87.2 Å². The summed E-state index contributed by atoms with van der Waals surface area (Å²) in [5.74, 6) is -1.99. The molecule has 3 nitrogen and oxygen atoms in total. The van der Waals surface area contributed by atoms with Crippen molar-refractivity contribution in [2.75, 3.05) is 6.61 Å². The Morgan fingerprint density at radius 1 is 1.47 bits per heavy atom. The molecule has 0 aliphatic carbocycles. The van der Waals surface area contributed by atoms with Crippen LogP contribution in [0.3, 0.4) is 0 Å². The summed E-state index contributed by atoms with van der Waals surface area (Å²) in [6.07, 6.45) is 0.430. The topological polar surface area (TPSA) is 57.5 Å². The molecule has 0 aliphatic heterocycles. The minimum Gasteiger partial charge on any atom is -0.481 e. The maximum atomic E-state index is 12.8. The van der Waals surface area contributed by atoms with Gasteiger partial charge in [-0.1, -0.05) is 12.1 Å². The maximum absolute atomic E-state index is 12.8. The van der Waals surface area contributed by atoms with E-state index in [-0.39, 0.29) is 25.3 Å². The lowest BCUT2D eigenvalue weighted by Crippen LogP contribution is -2.17. The van der Waals surface area contributed by atoms with Crippen LogP contribution in [0.25, 0.3) is 0 Å². The number of aliphatic hydroxyl groups excluding tert-OH is 1. The van der Waals surface area contributed by atoms with Gasteiger partial charge in [0.1, 0.15) is 5.82 Å². The normalized spacial score (nSPS) is 12.4. The van der Waals surface area contributed by atoms with Crippen molar-refractivity contribution in [3.8, 4) is 0 Å². The average Bonchev–Trinajstić information content (AvgIpc) is 2.17. The number of benzene rings is 1. The van der Waals surface area contributed by atoms with Gasteiger partial charge in [-0.25, -0.2) is 4.39 Å². The Hall–Kier alpha value is -1.42. The number of aliphatic hydroxyl groups is 1. The molecule has 0 saturated heterocycles. The van der Waals surface area contributed by atoms with E-state index in [0.29, 0.717) is 5.56 Å². The lowest BCUT2D eigenvalue weighted by molar-refractivity contribution is -0.142. The van der Waals surface area contributed by atoms with Crippen LogP contribution in [0.15, 0.2) is 24.3 Å². The van der Waals surface area contributed by atoms with Crippen LogP contribution in [0.5, 0.6) is 0 Å². The molecule has 2 N–H and O–H groups in total. The Bertz CT molecular complexity index is 338. The Kier molecular flexibility index (Phi) is 4.24. The molecule has 15 heavy (non-hydrogen) atoms. The fourth-order valence-corrected chi connectivity index (χ4v) is 1.42. The first kappa shape index (κ1) is 11.7. The van der Waals surface area contributed by atoms with Crippen LogP contribution < -0.4 is 0 Å². The largest absolute Gasteiger partial charge is 0.481 e. The molecule has 0 aromatic heterocycles. The van der Waals surface area contributed by atoms with Crippen molar-refractivity contribution < 1.29 is 19.4 Å². The van der Waals surface area contributed by atoms with Crippen LogP contribution in [-0.2, 0) is 11.2 Å². The molecule has 0 aliphatic rings. The van der Waals surface area contributed by atoms with Gasteiger partial charge in [-0.05, 0) is 30.5 Å². The summed E-state index contributed by atoms with van der Waals surface area (Å²) in [5.41, 5.74) is 0.635. The van der Waals surface area contributed by atoms with E-state index in [1.165, 1.54) is 12.1 Å². The molecule has 1 aromatic carbocycles. The van der Waals surface area contributed by atoms with Gasteiger partial charge in [0.25, 0.3) is 0 Å². The van der Waals surface area contributed by atoms with E-state index >= 15 is 0 Å². The van der Waals surface area contributed by atoms with E-state index in [9.17, 15) is 9.18 Å². The molecule has 1 atom stereocenters. The highest BCUT2D eigenvalue weighted by Gasteiger charge is 2.17. The van der Waals surface area contributed by atoms with E-state index in [1.807, 2.05) is 0 Å². The van der Waals surface area contributed by atoms with Crippen LogP contribution in [0.1, 0.15) is 12.0 Å². The summed E-state index contributed by atoms with van der Waals surface area (Å²) in [4.78, 5) is 10.8. The molecule has 0 radical (unpaired) electrons. The quantitative estimate of drug-likeness (QED) is 0.776. The lowest BCUT2D eigenvalue weighted by atomic mass is 9.97. The predicted molar refractivity (Wildman–Crippen MR) is 52.9 cm³/mol. The lowest BCUT2D eigenvalue weighted by Gasteiger charge is -2.10. The predicted octanol–water partition coefficient (Wildman–Crippen LogP) is 1.45. The first-order valence-electron chi connectivity index (χ1n) is 4.71. The second-order valence-electron chi connectivity index (χ2n) is 3.38. The van der Waals surface area contributed by atoms with Gasteiger partial charge in [-0.2, -0.15) is 0 Å². The SMILES string of the molecule is O=C(O)C(CCO)Cc1cccc(F)c1. The van der Waals surface area contributed by atoms with Crippen molar-refractivity contribution in [3.05, 3.63) is 35.6 Å². The van der Waals surface area contributed by atoms with E-state index < -0.39 is 11.9 Å². The smallest absolute Gasteiger partial charge is 0.306 e. The molecule has 1 unspecified atom stereocenters. The number of aliphatic carboxylic acids is 1. The summed E-state index contributed by atoms with van der Waals surface area (Å²) >= 11 is 0. The molecule has 0 amide bonds. The van der Waals surface area contributed by atoms with Gasteiger partial charge < -0.3 is 10.2 Å². The molecule has 0 saturated carbocycles. The summed E-state index contributed by atoms with van der Waals surface area (Å²) in [6, 6.07) is 5.84. The van der Waals surface area contributed by atoms with Gasteiger partial charge in [0.2, 0.25) is 0 Å². The number of halogens is 1. The average molecular weight is 212 g/mol. The second-order valence-corrected chi connectivity index (χ2v) is 3.38. The van der Waals surface area contributed by atoms with Crippen molar-refractivity contribution >= 4 is 5.97 Å². The Morgan fingerprint density at radius 3 is 2.73 bits per heavy atom. The molecule has 1 rings (SSSR count). The van der Waals surface area contributed by atoms with Crippen molar-refractivity contribution in [2.24, 2.45) is 5.92 Å². The third kappa shape index (κ3) is 3.67. The van der Waals surface area contributed by atoms with Gasteiger partial charge in [-0.15, -0.1) is 0 Å². The molecular weight excluding hydrogens is 199 g/mol.